The van der Waals surface area contributed by atoms with Crippen LogP contribution in [0.1, 0.15) is 11.5 Å². The molecule has 0 spiro atoms. The molecule has 5 nitrogen and oxygen atoms in total. The van der Waals surface area contributed by atoms with E-state index in [1.807, 2.05) is 54.6 Å². The summed E-state index contributed by atoms with van der Waals surface area (Å²) in [6.45, 7) is 0. The number of carbonyl (C=O) groups is 1. The Hall–Kier alpha value is -2.12. The summed E-state index contributed by atoms with van der Waals surface area (Å²) in [6.07, 6.45) is 0.582. The summed E-state index contributed by atoms with van der Waals surface area (Å²) in [4.78, 5) is 12.0. The summed E-state index contributed by atoms with van der Waals surface area (Å²) in [5.74, 6) is 0.622. The first kappa shape index (κ1) is 16.7. The van der Waals surface area contributed by atoms with Gasteiger partial charge >= 0.3 is 0 Å². The molecule has 0 aliphatic rings. The van der Waals surface area contributed by atoms with Crippen LogP contribution in [-0.2, 0) is 11.2 Å². The van der Waals surface area contributed by atoms with Crippen LogP contribution < -0.4 is 5.32 Å². The van der Waals surface area contributed by atoms with Gasteiger partial charge in [0.25, 0.3) is 5.22 Å². The van der Waals surface area contributed by atoms with Crippen molar-refractivity contribution in [3.63, 3.8) is 0 Å². The topological polar surface area (TPSA) is 68.0 Å². The van der Waals surface area contributed by atoms with Crippen LogP contribution in [0.25, 0.3) is 0 Å². The first-order chi connectivity index (χ1) is 11.7. The minimum atomic E-state index is -0.124. The maximum Gasteiger partial charge on any atom is 0.277 e. The summed E-state index contributed by atoms with van der Waals surface area (Å²) < 4.78 is 6.47. The molecule has 0 radical (unpaired) electrons. The van der Waals surface area contributed by atoms with Crippen molar-refractivity contribution in [1.82, 2.24) is 10.2 Å². The van der Waals surface area contributed by atoms with Gasteiger partial charge in [0.1, 0.15) is 0 Å². The van der Waals surface area contributed by atoms with E-state index >= 15 is 0 Å². The molecule has 0 unspecified atom stereocenters. The van der Waals surface area contributed by atoms with E-state index in [-0.39, 0.29) is 11.7 Å². The molecule has 7 heteroatoms. The van der Waals surface area contributed by atoms with Crippen LogP contribution in [0.15, 0.2) is 68.7 Å². The average molecular weight is 404 g/mol. The highest BCUT2D eigenvalue weighted by molar-refractivity contribution is 9.10. The molecule has 122 valence electrons. The van der Waals surface area contributed by atoms with Crippen molar-refractivity contribution in [3.05, 3.63) is 70.5 Å². The number of thioether (sulfide) groups is 1. The van der Waals surface area contributed by atoms with Crippen molar-refractivity contribution < 1.29 is 9.21 Å². The summed E-state index contributed by atoms with van der Waals surface area (Å²) in [5.41, 5.74) is 1.84. The molecule has 1 amide bonds. The fourth-order valence-electron chi connectivity index (χ4n) is 2.03. The van der Waals surface area contributed by atoms with Gasteiger partial charge in [-0.25, -0.2) is 0 Å². The minimum absolute atomic E-state index is 0.124. The first-order valence-electron chi connectivity index (χ1n) is 7.23. The summed E-state index contributed by atoms with van der Waals surface area (Å²) in [6, 6.07) is 17.3. The number of nitrogens with zero attached hydrogens (tertiary/aromatic N) is 2. The highest BCUT2D eigenvalue weighted by Crippen LogP contribution is 2.19. The highest BCUT2D eigenvalue weighted by Gasteiger charge is 2.10. The Kier molecular flexibility index (Phi) is 5.66. The quantitative estimate of drug-likeness (QED) is 0.625. The molecule has 0 bridgehead atoms. The van der Waals surface area contributed by atoms with Gasteiger partial charge in [-0.2, -0.15) is 0 Å². The Labute approximate surface area is 152 Å². The van der Waals surface area contributed by atoms with Gasteiger partial charge in [0.05, 0.1) is 12.2 Å². The van der Waals surface area contributed by atoms with E-state index in [0.29, 0.717) is 17.5 Å². The average Bonchev–Trinajstić information content (AvgIpc) is 3.01. The Morgan fingerprint density at radius 3 is 2.75 bits per heavy atom. The number of rotatable bonds is 6. The second-order valence-electron chi connectivity index (χ2n) is 4.97. The number of hydrogen-bond donors (Lipinski definition) is 1. The van der Waals surface area contributed by atoms with Crippen molar-refractivity contribution in [1.29, 1.82) is 0 Å². The number of halogens is 1. The number of nitrogens with one attached hydrogen (secondary N) is 1. The smallest absolute Gasteiger partial charge is 0.277 e. The van der Waals surface area contributed by atoms with Gasteiger partial charge in [0.2, 0.25) is 11.8 Å². The van der Waals surface area contributed by atoms with E-state index in [2.05, 4.69) is 31.4 Å². The molecule has 1 aromatic heterocycles. The van der Waals surface area contributed by atoms with Gasteiger partial charge in [-0.1, -0.05) is 64.1 Å². The third-order valence-corrected chi connectivity index (χ3v) is 4.39. The largest absolute Gasteiger partial charge is 0.416 e. The lowest BCUT2D eigenvalue weighted by molar-refractivity contribution is -0.113. The Morgan fingerprint density at radius 2 is 1.96 bits per heavy atom. The van der Waals surface area contributed by atoms with Crippen molar-refractivity contribution in [2.45, 2.75) is 11.6 Å². The highest BCUT2D eigenvalue weighted by atomic mass is 79.9. The van der Waals surface area contributed by atoms with Crippen LogP contribution in [0, 0.1) is 0 Å². The van der Waals surface area contributed by atoms with Gasteiger partial charge in [-0.3, -0.25) is 4.79 Å². The third kappa shape index (κ3) is 4.94. The van der Waals surface area contributed by atoms with E-state index in [4.69, 9.17) is 4.42 Å². The fourth-order valence-corrected chi connectivity index (χ4v) is 3.01. The van der Waals surface area contributed by atoms with E-state index < -0.39 is 0 Å². The van der Waals surface area contributed by atoms with Gasteiger partial charge in [0, 0.05) is 10.2 Å². The molecular weight excluding hydrogens is 390 g/mol. The summed E-state index contributed by atoms with van der Waals surface area (Å²) in [7, 11) is 0. The van der Waals surface area contributed by atoms with E-state index in [1.54, 1.807) is 0 Å². The van der Waals surface area contributed by atoms with Crippen LogP contribution in [0.4, 0.5) is 5.69 Å². The van der Waals surface area contributed by atoms with E-state index in [1.165, 1.54) is 11.8 Å². The van der Waals surface area contributed by atoms with Gasteiger partial charge in [0.15, 0.2) is 0 Å². The van der Waals surface area contributed by atoms with Crippen molar-refractivity contribution in [2.24, 2.45) is 0 Å². The molecule has 0 fully saturated rings. The second kappa shape index (κ2) is 8.12. The Bertz CT molecular complexity index is 823. The lowest BCUT2D eigenvalue weighted by Gasteiger charge is -2.04. The molecular formula is C17H14BrN3O2S. The molecule has 1 N–H and O–H groups in total. The summed E-state index contributed by atoms with van der Waals surface area (Å²) in [5, 5.41) is 11.2. The lowest BCUT2D eigenvalue weighted by atomic mass is 10.2. The third-order valence-electron chi connectivity index (χ3n) is 3.08. The predicted octanol–water partition coefficient (Wildman–Crippen LogP) is 4.15. The lowest BCUT2D eigenvalue weighted by Crippen LogP contribution is -2.13. The molecule has 0 saturated heterocycles. The Morgan fingerprint density at radius 1 is 1.12 bits per heavy atom. The molecule has 3 aromatic rings. The van der Waals surface area contributed by atoms with Gasteiger partial charge in [-0.05, 0) is 23.8 Å². The molecule has 0 aliphatic carbocycles. The monoisotopic (exact) mass is 403 g/mol. The number of carbonyl (C=O) groups excluding carboxylic acids is 1. The zero-order valence-corrected chi connectivity index (χ0v) is 15.0. The minimum Gasteiger partial charge on any atom is -0.416 e. The standard InChI is InChI=1S/C17H14BrN3O2S/c18-13-7-4-8-14(10-13)19-15(22)11-24-17-21-20-16(23-17)9-12-5-2-1-3-6-12/h1-8,10H,9,11H2,(H,19,22). The normalized spacial score (nSPS) is 10.5. The van der Waals surface area contributed by atoms with Gasteiger partial charge in [-0.15, -0.1) is 10.2 Å². The van der Waals surface area contributed by atoms with Crippen molar-refractivity contribution in [3.8, 4) is 0 Å². The van der Waals surface area contributed by atoms with E-state index in [9.17, 15) is 4.79 Å². The second-order valence-corrected chi connectivity index (χ2v) is 6.81. The molecule has 3 rings (SSSR count). The number of hydrogen-bond acceptors (Lipinski definition) is 5. The maximum absolute atomic E-state index is 12.0. The van der Waals surface area contributed by atoms with Crippen LogP contribution >= 0.6 is 27.7 Å². The summed E-state index contributed by atoms with van der Waals surface area (Å²) >= 11 is 4.59. The molecule has 0 aliphatic heterocycles. The number of aromatic nitrogens is 2. The predicted molar refractivity (Wildman–Crippen MR) is 97.0 cm³/mol. The molecule has 24 heavy (non-hydrogen) atoms. The van der Waals surface area contributed by atoms with Gasteiger partial charge < -0.3 is 9.73 Å². The maximum atomic E-state index is 12.0. The molecule has 0 saturated carbocycles. The zero-order valence-electron chi connectivity index (χ0n) is 12.6. The molecule has 0 atom stereocenters. The number of benzene rings is 2. The van der Waals surface area contributed by atoms with Crippen LogP contribution in [0.3, 0.4) is 0 Å². The van der Waals surface area contributed by atoms with Crippen molar-refractivity contribution in [2.75, 3.05) is 11.1 Å². The fraction of sp³-hybridized carbons (Fsp3) is 0.118. The zero-order chi connectivity index (χ0) is 16.8. The molecule has 1 heterocycles. The number of anilines is 1. The van der Waals surface area contributed by atoms with Crippen LogP contribution in [0.2, 0.25) is 0 Å². The van der Waals surface area contributed by atoms with Crippen molar-refractivity contribution >= 4 is 39.3 Å². The molecule has 2 aromatic carbocycles. The van der Waals surface area contributed by atoms with Crippen LogP contribution in [-0.4, -0.2) is 21.9 Å². The van der Waals surface area contributed by atoms with E-state index in [0.717, 1.165) is 15.7 Å². The first-order valence-corrected chi connectivity index (χ1v) is 9.01. The Balaban J connectivity index is 1.51. The van der Waals surface area contributed by atoms with Crippen LogP contribution in [0.5, 0.6) is 0 Å². The number of amides is 1. The SMILES string of the molecule is O=C(CSc1nnc(Cc2ccccc2)o1)Nc1cccc(Br)c1.